The van der Waals surface area contributed by atoms with Crippen molar-refractivity contribution < 1.29 is 13.2 Å². The van der Waals surface area contributed by atoms with Gasteiger partial charge in [-0.1, -0.05) is 31.2 Å². The fourth-order valence-corrected chi connectivity index (χ4v) is 4.55. The maximum atomic E-state index is 13.1. The maximum absolute atomic E-state index is 13.1. The monoisotopic (exact) mass is 416 g/mol. The first-order chi connectivity index (χ1) is 13.5. The van der Waals surface area contributed by atoms with E-state index in [1.54, 1.807) is 6.07 Å². The summed E-state index contributed by atoms with van der Waals surface area (Å²) in [5.41, 5.74) is 5.91. The minimum absolute atomic E-state index is 0.225. The molecule has 1 amide bonds. The fraction of sp³-hybridized carbons (Fsp3) is 0.435. The van der Waals surface area contributed by atoms with E-state index < -0.39 is 16.1 Å². The number of nitrogens with zero attached hydrogens (tertiary/aromatic N) is 1. The number of sulfonamides is 1. The molecular formula is C23H32N2O3S. The van der Waals surface area contributed by atoms with E-state index in [2.05, 4.69) is 11.4 Å². The molecule has 2 aromatic carbocycles. The summed E-state index contributed by atoms with van der Waals surface area (Å²) >= 11 is 0. The second-order valence-electron chi connectivity index (χ2n) is 7.83. The van der Waals surface area contributed by atoms with Gasteiger partial charge in [0.05, 0.1) is 18.0 Å². The molecule has 0 saturated heterocycles. The van der Waals surface area contributed by atoms with Crippen LogP contribution in [0.25, 0.3) is 0 Å². The fourth-order valence-electron chi connectivity index (χ4n) is 3.35. The molecule has 0 aromatic heterocycles. The van der Waals surface area contributed by atoms with Crippen LogP contribution in [0.5, 0.6) is 0 Å². The quantitative estimate of drug-likeness (QED) is 0.730. The molecule has 0 heterocycles. The SMILES string of the molecule is CCC(C(=O)NC(C)c1ccc(C)c(C)c1)N(c1ccc(C)c(C)c1)S(C)(=O)=O. The van der Waals surface area contributed by atoms with Crippen LogP contribution in [0.2, 0.25) is 0 Å². The van der Waals surface area contributed by atoms with E-state index in [1.807, 2.05) is 65.8 Å². The lowest BCUT2D eigenvalue weighted by atomic mass is 10.0. The molecule has 0 aliphatic heterocycles. The molecule has 2 aromatic rings. The van der Waals surface area contributed by atoms with Crippen LogP contribution in [0.1, 0.15) is 54.1 Å². The van der Waals surface area contributed by atoms with Gasteiger partial charge >= 0.3 is 0 Å². The Morgan fingerprint density at radius 3 is 2.00 bits per heavy atom. The third-order valence-corrected chi connectivity index (χ3v) is 6.64. The summed E-state index contributed by atoms with van der Waals surface area (Å²) in [5, 5.41) is 3.00. The number of amides is 1. The second-order valence-corrected chi connectivity index (χ2v) is 9.68. The van der Waals surface area contributed by atoms with E-state index in [1.165, 1.54) is 9.87 Å². The van der Waals surface area contributed by atoms with Crippen molar-refractivity contribution >= 4 is 21.6 Å². The lowest BCUT2D eigenvalue weighted by Gasteiger charge is -2.31. The average molecular weight is 417 g/mol. The standard InChI is InChI=1S/C23H32N2O3S/c1-8-22(23(26)24-19(6)20-11-9-15(2)17(4)13-20)25(29(7,27)28)21-12-10-16(3)18(5)14-21/h9-14,19,22H,8H2,1-7H3,(H,24,26). The summed E-state index contributed by atoms with van der Waals surface area (Å²) in [6.07, 6.45) is 1.51. The topological polar surface area (TPSA) is 66.5 Å². The zero-order chi connectivity index (χ0) is 21.9. The molecule has 5 nitrogen and oxygen atoms in total. The number of hydrogen-bond acceptors (Lipinski definition) is 3. The number of nitrogens with one attached hydrogen (secondary N) is 1. The smallest absolute Gasteiger partial charge is 0.244 e. The molecule has 2 unspecified atom stereocenters. The van der Waals surface area contributed by atoms with Crippen molar-refractivity contribution in [1.29, 1.82) is 0 Å². The minimum Gasteiger partial charge on any atom is -0.348 e. The highest BCUT2D eigenvalue weighted by molar-refractivity contribution is 7.92. The van der Waals surface area contributed by atoms with Gasteiger partial charge in [0, 0.05) is 0 Å². The third-order valence-electron chi connectivity index (χ3n) is 5.46. The van der Waals surface area contributed by atoms with Gasteiger partial charge in [0.2, 0.25) is 15.9 Å². The normalized spacial score (nSPS) is 13.6. The number of benzene rings is 2. The first-order valence-corrected chi connectivity index (χ1v) is 11.7. The molecule has 0 aliphatic carbocycles. The van der Waals surface area contributed by atoms with Gasteiger partial charge in [0.15, 0.2) is 0 Å². The van der Waals surface area contributed by atoms with Crippen LogP contribution >= 0.6 is 0 Å². The summed E-state index contributed by atoms with van der Waals surface area (Å²) < 4.78 is 26.5. The molecule has 0 spiro atoms. The molecule has 2 rings (SSSR count). The molecule has 2 atom stereocenters. The van der Waals surface area contributed by atoms with Crippen LogP contribution < -0.4 is 9.62 Å². The van der Waals surface area contributed by atoms with Crippen molar-refractivity contribution in [2.75, 3.05) is 10.6 Å². The van der Waals surface area contributed by atoms with E-state index in [9.17, 15) is 13.2 Å². The van der Waals surface area contributed by atoms with Crippen LogP contribution in [0.3, 0.4) is 0 Å². The highest BCUT2D eigenvalue weighted by Gasteiger charge is 2.32. The van der Waals surface area contributed by atoms with Gasteiger partial charge in [0.25, 0.3) is 0 Å². The molecular weight excluding hydrogens is 384 g/mol. The first-order valence-electron chi connectivity index (χ1n) is 9.89. The van der Waals surface area contributed by atoms with E-state index >= 15 is 0 Å². The molecule has 1 N–H and O–H groups in total. The Kier molecular flexibility index (Phi) is 7.11. The zero-order valence-corrected chi connectivity index (χ0v) is 19.2. The summed E-state index contributed by atoms with van der Waals surface area (Å²) in [7, 11) is -3.64. The lowest BCUT2D eigenvalue weighted by molar-refractivity contribution is -0.122. The molecule has 0 radical (unpaired) electrons. The van der Waals surface area contributed by atoms with E-state index in [-0.39, 0.29) is 11.9 Å². The van der Waals surface area contributed by atoms with Crippen LogP contribution in [0, 0.1) is 27.7 Å². The summed E-state index contributed by atoms with van der Waals surface area (Å²) in [4.78, 5) is 13.1. The van der Waals surface area contributed by atoms with Crippen molar-refractivity contribution in [3.8, 4) is 0 Å². The molecule has 0 bridgehead atoms. The summed E-state index contributed by atoms with van der Waals surface area (Å²) in [6, 6.07) is 10.5. The van der Waals surface area contributed by atoms with E-state index in [4.69, 9.17) is 0 Å². The van der Waals surface area contributed by atoms with Crippen molar-refractivity contribution in [2.24, 2.45) is 0 Å². The first kappa shape index (κ1) is 22.9. The van der Waals surface area contributed by atoms with Crippen LogP contribution in [-0.4, -0.2) is 26.6 Å². The number of anilines is 1. The van der Waals surface area contributed by atoms with E-state index in [0.717, 1.165) is 28.5 Å². The van der Waals surface area contributed by atoms with Crippen molar-refractivity contribution in [3.63, 3.8) is 0 Å². The number of carbonyl (C=O) groups is 1. The van der Waals surface area contributed by atoms with E-state index in [0.29, 0.717) is 12.1 Å². The summed E-state index contributed by atoms with van der Waals surface area (Å²) in [6.45, 7) is 11.7. The van der Waals surface area contributed by atoms with Crippen molar-refractivity contribution in [2.45, 2.75) is 60.0 Å². The largest absolute Gasteiger partial charge is 0.348 e. The molecule has 0 aliphatic rings. The molecule has 158 valence electrons. The Bertz CT molecular complexity index is 999. The molecule has 6 heteroatoms. The van der Waals surface area contributed by atoms with Gasteiger partial charge in [-0.15, -0.1) is 0 Å². The summed E-state index contributed by atoms with van der Waals surface area (Å²) in [5.74, 6) is -0.304. The zero-order valence-electron chi connectivity index (χ0n) is 18.4. The predicted molar refractivity (Wildman–Crippen MR) is 120 cm³/mol. The molecule has 29 heavy (non-hydrogen) atoms. The van der Waals surface area contributed by atoms with Gasteiger partial charge in [-0.25, -0.2) is 8.42 Å². The van der Waals surface area contributed by atoms with Crippen molar-refractivity contribution in [3.05, 3.63) is 64.2 Å². The number of aryl methyl sites for hydroxylation is 4. The van der Waals surface area contributed by atoms with Crippen molar-refractivity contribution in [1.82, 2.24) is 5.32 Å². The van der Waals surface area contributed by atoms with Gasteiger partial charge in [-0.3, -0.25) is 9.10 Å². The number of carbonyl (C=O) groups excluding carboxylic acids is 1. The number of rotatable bonds is 7. The Hall–Kier alpha value is -2.34. The predicted octanol–water partition coefficient (Wildman–Crippen LogP) is 4.34. The van der Waals surface area contributed by atoms with Crippen LogP contribution in [0.15, 0.2) is 36.4 Å². The highest BCUT2D eigenvalue weighted by Crippen LogP contribution is 2.26. The Morgan fingerprint density at radius 1 is 0.966 bits per heavy atom. The Labute approximate surface area is 175 Å². The second kappa shape index (κ2) is 8.99. The molecule has 0 fully saturated rings. The molecule has 0 saturated carbocycles. The lowest BCUT2D eigenvalue weighted by Crippen LogP contribution is -2.49. The van der Waals surface area contributed by atoms with Gasteiger partial charge in [-0.2, -0.15) is 0 Å². The third kappa shape index (κ3) is 5.38. The van der Waals surface area contributed by atoms with Crippen LogP contribution in [-0.2, 0) is 14.8 Å². The van der Waals surface area contributed by atoms with Crippen LogP contribution in [0.4, 0.5) is 5.69 Å². The Morgan fingerprint density at radius 2 is 1.52 bits per heavy atom. The van der Waals surface area contributed by atoms with Gasteiger partial charge < -0.3 is 5.32 Å². The number of hydrogen-bond donors (Lipinski definition) is 1. The van der Waals surface area contributed by atoms with Gasteiger partial charge in [0.1, 0.15) is 6.04 Å². The Balaban J connectivity index is 2.34. The average Bonchev–Trinajstić information content (AvgIpc) is 2.63. The highest BCUT2D eigenvalue weighted by atomic mass is 32.2. The van der Waals surface area contributed by atoms with Gasteiger partial charge in [-0.05, 0) is 81.0 Å². The maximum Gasteiger partial charge on any atom is 0.244 e. The minimum atomic E-state index is -3.64.